The van der Waals surface area contributed by atoms with Crippen LogP contribution in [0.4, 0.5) is 8.78 Å². The topological polar surface area (TPSA) is 67.2 Å². The molecule has 0 bridgehead atoms. The molecule has 0 spiro atoms. The second kappa shape index (κ2) is 5.50. The van der Waals surface area contributed by atoms with Crippen molar-refractivity contribution in [1.29, 1.82) is 5.26 Å². The van der Waals surface area contributed by atoms with Crippen LogP contribution in [0.25, 0.3) is 0 Å². The number of benzene rings is 1. The normalized spacial score (nSPS) is 12.8. The van der Waals surface area contributed by atoms with Crippen molar-refractivity contribution in [2.24, 2.45) is 0 Å². The minimum Gasteiger partial charge on any atom is -0.472 e. The van der Waals surface area contributed by atoms with Crippen molar-refractivity contribution in [3.8, 4) is 11.8 Å². The standard InChI is InChI=1S/C10H8ClF2NO3S/c1-2-6(5-14)17-7-3-4-8(18(11,15)16)10(13)9(7)12/h3-4,6H,2H2,1H3. The van der Waals surface area contributed by atoms with E-state index < -0.39 is 37.4 Å². The van der Waals surface area contributed by atoms with Crippen molar-refractivity contribution in [1.82, 2.24) is 0 Å². The highest BCUT2D eigenvalue weighted by Gasteiger charge is 2.23. The van der Waals surface area contributed by atoms with Crippen molar-refractivity contribution < 1.29 is 21.9 Å². The molecule has 1 aromatic rings. The van der Waals surface area contributed by atoms with Crippen LogP contribution in [0.5, 0.6) is 5.75 Å². The Hall–Kier alpha value is -1.39. The molecular weight excluding hydrogens is 288 g/mol. The van der Waals surface area contributed by atoms with Gasteiger partial charge < -0.3 is 4.74 Å². The average molecular weight is 296 g/mol. The molecule has 0 aliphatic heterocycles. The van der Waals surface area contributed by atoms with E-state index in [-0.39, 0.29) is 6.42 Å². The summed E-state index contributed by atoms with van der Waals surface area (Å²) < 4.78 is 53.6. The monoisotopic (exact) mass is 295 g/mol. The number of nitriles is 1. The maximum absolute atomic E-state index is 13.5. The van der Waals surface area contributed by atoms with Gasteiger partial charge in [0.1, 0.15) is 11.0 Å². The average Bonchev–Trinajstić information content (AvgIpc) is 2.29. The Morgan fingerprint density at radius 2 is 2.06 bits per heavy atom. The highest BCUT2D eigenvalue weighted by Crippen LogP contribution is 2.28. The van der Waals surface area contributed by atoms with Crippen molar-refractivity contribution in [3.63, 3.8) is 0 Å². The summed E-state index contributed by atoms with van der Waals surface area (Å²) in [5, 5.41) is 8.62. The smallest absolute Gasteiger partial charge is 0.264 e. The SMILES string of the molecule is CCC(C#N)Oc1ccc(S(=O)(=O)Cl)c(F)c1F. The van der Waals surface area contributed by atoms with E-state index in [2.05, 4.69) is 0 Å². The first-order valence-electron chi connectivity index (χ1n) is 4.80. The van der Waals surface area contributed by atoms with E-state index in [1.165, 1.54) is 0 Å². The predicted molar refractivity (Wildman–Crippen MR) is 59.7 cm³/mol. The number of nitrogens with zero attached hydrogens (tertiary/aromatic N) is 1. The largest absolute Gasteiger partial charge is 0.472 e. The summed E-state index contributed by atoms with van der Waals surface area (Å²) >= 11 is 0. The summed E-state index contributed by atoms with van der Waals surface area (Å²) in [6.45, 7) is 1.62. The maximum atomic E-state index is 13.5. The molecule has 0 aliphatic carbocycles. The van der Waals surface area contributed by atoms with Gasteiger partial charge in [-0.05, 0) is 18.6 Å². The highest BCUT2D eigenvalue weighted by atomic mass is 35.7. The molecule has 1 aromatic carbocycles. The van der Waals surface area contributed by atoms with Gasteiger partial charge in [0.15, 0.2) is 17.7 Å². The van der Waals surface area contributed by atoms with Crippen molar-refractivity contribution in [2.45, 2.75) is 24.3 Å². The summed E-state index contributed by atoms with van der Waals surface area (Å²) in [5.74, 6) is -3.66. The van der Waals surface area contributed by atoms with Crippen molar-refractivity contribution in [2.75, 3.05) is 0 Å². The minimum atomic E-state index is -4.38. The minimum absolute atomic E-state index is 0.271. The van der Waals surface area contributed by atoms with Crippen LogP contribution in [-0.4, -0.2) is 14.5 Å². The zero-order valence-corrected chi connectivity index (χ0v) is 10.7. The van der Waals surface area contributed by atoms with Gasteiger partial charge >= 0.3 is 0 Å². The molecule has 8 heteroatoms. The van der Waals surface area contributed by atoms with E-state index in [9.17, 15) is 17.2 Å². The lowest BCUT2D eigenvalue weighted by molar-refractivity contribution is 0.236. The third-order valence-corrected chi connectivity index (χ3v) is 3.40. The molecule has 18 heavy (non-hydrogen) atoms. The van der Waals surface area contributed by atoms with Crippen LogP contribution >= 0.6 is 10.7 Å². The summed E-state index contributed by atoms with van der Waals surface area (Å²) in [4.78, 5) is -0.973. The Balaban J connectivity index is 3.22. The third-order valence-electron chi connectivity index (χ3n) is 2.06. The first-order chi connectivity index (χ1) is 8.31. The molecule has 0 N–H and O–H groups in total. The molecule has 1 rings (SSSR count). The summed E-state index contributed by atoms with van der Waals surface area (Å²) in [5.41, 5.74) is 0. The molecular formula is C10H8ClF2NO3S. The summed E-state index contributed by atoms with van der Waals surface area (Å²) in [7, 11) is 0.545. The maximum Gasteiger partial charge on any atom is 0.264 e. The fraction of sp³-hybridized carbons (Fsp3) is 0.300. The zero-order valence-electron chi connectivity index (χ0n) is 9.15. The second-order valence-electron chi connectivity index (χ2n) is 3.27. The fourth-order valence-corrected chi connectivity index (χ4v) is 2.04. The van der Waals surface area contributed by atoms with E-state index in [1.807, 2.05) is 0 Å². The number of halogens is 3. The van der Waals surface area contributed by atoms with Crippen LogP contribution in [-0.2, 0) is 9.05 Å². The molecule has 98 valence electrons. The van der Waals surface area contributed by atoms with Crippen LogP contribution in [0.1, 0.15) is 13.3 Å². The van der Waals surface area contributed by atoms with E-state index in [4.69, 9.17) is 20.7 Å². The van der Waals surface area contributed by atoms with E-state index in [0.717, 1.165) is 12.1 Å². The lowest BCUT2D eigenvalue weighted by atomic mass is 10.3. The van der Waals surface area contributed by atoms with Gasteiger partial charge in [-0.1, -0.05) is 6.92 Å². The number of ether oxygens (including phenoxy) is 1. The Kier molecular flexibility index (Phi) is 4.48. The van der Waals surface area contributed by atoms with Gasteiger partial charge in [0.2, 0.25) is 5.82 Å². The molecule has 0 aromatic heterocycles. The van der Waals surface area contributed by atoms with Gasteiger partial charge in [-0.25, -0.2) is 12.8 Å². The van der Waals surface area contributed by atoms with Gasteiger partial charge in [0, 0.05) is 10.7 Å². The fourth-order valence-electron chi connectivity index (χ4n) is 1.15. The first kappa shape index (κ1) is 14.7. The van der Waals surface area contributed by atoms with E-state index in [0.29, 0.717) is 0 Å². The van der Waals surface area contributed by atoms with E-state index in [1.54, 1.807) is 13.0 Å². The highest BCUT2D eigenvalue weighted by molar-refractivity contribution is 8.13. The number of rotatable bonds is 4. The Morgan fingerprint density at radius 1 is 1.44 bits per heavy atom. The molecule has 4 nitrogen and oxygen atoms in total. The second-order valence-corrected chi connectivity index (χ2v) is 5.81. The molecule has 0 fully saturated rings. The predicted octanol–water partition coefficient (Wildman–Crippen LogP) is 2.57. The van der Waals surface area contributed by atoms with Crippen LogP contribution in [0.2, 0.25) is 0 Å². The Labute approximate surface area is 107 Å². The van der Waals surface area contributed by atoms with Crippen molar-refractivity contribution >= 4 is 19.7 Å². The molecule has 0 saturated carbocycles. The van der Waals surface area contributed by atoms with Gasteiger partial charge in [0.05, 0.1) is 0 Å². The molecule has 0 heterocycles. The Bertz CT molecular complexity index is 598. The third kappa shape index (κ3) is 3.09. The van der Waals surface area contributed by atoms with Gasteiger partial charge in [0.25, 0.3) is 9.05 Å². The van der Waals surface area contributed by atoms with Gasteiger partial charge in [-0.2, -0.15) is 9.65 Å². The van der Waals surface area contributed by atoms with Crippen LogP contribution in [0, 0.1) is 23.0 Å². The van der Waals surface area contributed by atoms with Crippen molar-refractivity contribution in [3.05, 3.63) is 23.8 Å². The Morgan fingerprint density at radius 3 is 2.50 bits per heavy atom. The number of hydrogen-bond donors (Lipinski definition) is 0. The molecule has 0 aliphatic rings. The lowest BCUT2D eigenvalue weighted by Crippen LogP contribution is -2.14. The van der Waals surface area contributed by atoms with Gasteiger partial charge in [-0.15, -0.1) is 0 Å². The number of hydrogen-bond acceptors (Lipinski definition) is 4. The zero-order chi connectivity index (χ0) is 13.9. The first-order valence-corrected chi connectivity index (χ1v) is 7.11. The van der Waals surface area contributed by atoms with Gasteiger partial charge in [-0.3, -0.25) is 0 Å². The summed E-state index contributed by atoms with van der Waals surface area (Å²) in [6.07, 6.45) is -0.676. The van der Waals surface area contributed by atoms with Crippen LogP contribution in [0.3, 0.4) is 0 Å². The quantitative estimate of drug-likeness (QED) is 0.801. The molecule has 1 unspecified atom stereocenters. The molecule has 0 saturated heterocycles. The van der Waals surface area contributed by atoms with Crippen LogP contribution in [0.15, 0.2) is 17.0 Å². The molecule has 1 atom stereocenters. The molecule has 0 amide bonds. The van der Waals surface area contributed by atoms with E-state index >= 15 is 0 Å². The summed E-state index contributed by atoms with van der Waals surface area (Å²) in [6, 6.07) is 3.42. The van der Waals surface area contributed by atoms with Crippen LogP contribution < -0.4 is 4.74 Å². The lowest BCUT2D eigenvalue weighted by Gasteiger charge is -2.12. The molecule has 0 radical (unpaired) electrons.